The molecule has 23 heavy (non-hydrogen) atoms. The highest BCUT2D eigenvalue weighted by atomic mass is 16.1. The highest BCUT2D eigenvalue weighted by molar-refractivity contribution is 6.05. The number of amides is 1. The van der Waals surface area contributed by atoms with Crippen molar-refractivity contribution in [2.45, 2.75) is 12.8 Å². The first-order valence-electron chi connectivity index (χ1n) is 7.74. The molecule has 1 aliphatic rings. The summed E-state index contributed by atoms with van der Waals surface area (Å²) < 4.78 is 0. The Balaban J connectivity index is 1.72. The predicted octanol–water partition coefficient (Wildman–Crippen LogP) is 3.20. The largest absolute Gasteiger partial charge is 0.352 e. The van der Waals surface area contributed by atoms with Crippen LogP contribution in [0.1, 0.15) is 33.6 Å². The Bertz CT molecular complexity index is 724. The van der Waals surface area contributed by atoms with E-state index in [2.05, 4.69) is 4.99 Å². The van der Waals surface area contributed by atoms with Crippen LogP contribution in [0.15, 0.2) is 65.7 Å². The lowest BCUT2D eigenvalue weighted by molar-refractivity contribution is 0.0958. The first-order chi connectivity index (χ1) is 11.2. The third-order valence-electron chi connectivity index (χ3n) is 3.88. The van der Waals surface area contributed by atoms with Crippen molar-refractivity contribution < 1.29 is 9.59 Å². The maximum atomic E-state index is 12.3. The molecular weight excluding hydrogens is 288 g/mol. The van der Waals surface area contributed by atoms with Crippen molar-refractivity contribution in [3.63, 3.8) is 0 Å². The maximum Gasteiger partial charge on any atom is 0.278 e. The molecule has 116 valence electrons. The van der Waals surface area contributed by atoms with Crippen LogP contribution < -0.4 is 0 Å². The SMILES string of the molecule is O=C(CN1CCC/C1=N\C(=O)c1ccccc1)c1ccccc1. The van der Waals surface area contributed by atoms with Crippen LogP contribution in [0.25, 0.3) is 0 Å². The zero-order chi connectivity index (χ0) is 16.1. The monoisotopic (exact) mass is 306 g/mol. The number of ketones is 1. The van der Waals surface area contributed by atoms with Gasteiger partial charge in [0.2, 0.25) is 0 Å². The van der Waals surface area contributed by atoms with Crippen LogP contribution in [0.4, 0.5) is 0 Å². The van der Waals surface area contributed by atoms with Gasteiger partial charge in [0.25, 0.3) is 5.91 Å². The average molecular weight is 306 g/mol. The number of Topliss-reactive ketones (excluding diaryl/α,β-unsaturated/α-hetero) is 1. The van der Waals surface area contributed by atoms with Crippen LogP contribution in [0.2, 0.25) is 0 Å². The zero-order valence-electron chi connectivity index (χ0n) is 12.8. The molecular formula is C19H18N2O2. The molecule has 1 saturated heterocycles. The molecule has 0 bridgehead atoms. The highest BCUT2D eigenvalue weighted by Crippen LogP contribution is 2.14. The Morgan fingerprint density at radius 3 is 2.17 bits per heavy atom. The molecule has 1 amide bonds. The first kappa shape index (κ1) is 15.2. The van der Waals surface area contributed by atoms with E-state index in [-0.39, 0.29) is 18.2 Å². The van der Waals surface area contributed by atoms with Gasteiger partial charge in [-0.15, -0.1) is 0 Å². The van der Waals surface area contributed by atoms with Gasteiger partial charge in [-0.1, -0.05) is 48.5 Å². The Labute approximate surface area is 135 Å². The van der Waals surface area contributed by atoms with Gasteiger partial charge in [0.05, 0.1) is 6.54 Å². The number of aliphatic imine (C=N–C) groups is 1. The summed E-state index contributed by atoms with van der Waals surface area (Å²) in [6.45, 7) is 1.03. The minimum Gasteiger partial charge on any atom is -0.352 e. The second-order valence-corrected chi connectivity index (χ2v) is 5.51. The van der Waals surface area contributed by atoms with Crippen LogP contribution in [0, 0.1) is 0 Å². The smallest absolute Gasteiger partial charge is 0.278 e. The molecule has 0 spiro atoms. The van der Waals surface area contributed by atoms with E-state index in [0.29, 0.717) is 17.0 Å². The molecule has 1 fully saturated rings. The van der Waals surface area contributed by atoms with E-state index < -0.39 is 0 Å². The number of amidine groups is 1. The number of carbonyl (C=O) groups excluding carboxylic acids is 2. The van der Waals surface area contributed by atoms with E-state index in [0.717, 1.165) is 19.4 Å². The van der Waals surface area contributed by atoms with E-state index in [1.807, 2.05) is 53.4 Å². The molecule has 1 heterocycles. The number of hydrogen-bond acceptors (Lipinski definition) is 2. The standard InChI is InChI=1S/C19H18N2O2/c22-17(15-8-3-1-4-9-15)14-21-13-7-12-18(21)20-19(23)16-10-5-2-6-11-16/h1-6,8-11H,7,12-14H2/b20-18+. The van der Waals surface area contributed by atoms with Gasteiger partial charge in [0.1, 0.15) is 5.84 Å². The number of benzene rings is 2. The third-order valence-corrected chi connectivity index (χ3v) is 3.88. The Hall–Kier alpha value is -2.75. The Morgan fingerprint density at radius 1 is 0.913 bits per heavy atom. The van der Waals surface area contributed by atoms with E-state index in [4.69, 9.17) is 0 Å². The molecule has 2 aromatic rings. The summed E-state index contributed by atoms with van der Waals surface area (Å²) in [5, 5.41) is 0. The number of carbonyl (C=O) groups is 2. The summed E-state index contributed by atoms with van der Waals surface area (Å²) >= 11 is 0. The van der Waals surface area contributed by atoms with Gasteiger partial charge < -0.3 is 4.90 Å². The summed E-state index contributed by atoms with van der Waals surface area (Å²) in [6, 6.07) is 18.2. The molecule has 1 aliphatic heterocycles. The quantitative estimate of drug-likeness (QED) is 0.815. The first-order valence-corrected chi connectivity index (χ1v) is 7.74. The van der Waals surface area contributed by atoms with Gasteiger partial charge in [-0.3, -0.25) is 9.59 Å². The molecule has 0 aromatic heterocycles. The molecule has 0 saturated carbocycles. The number of rotatable bonds is 4. The predicted molar refractivity (Wildman–Crippen MR) is 89.8 cm³/mol. The van der Waals surface area contributed by atoms with Gasteiger partial charge in [-0.2, -0.15) is 4.99 Å². The summed E-state index contributed by atoms with van der Waals surface area (Å²) in [5.74, 6) is 0.509. The molecule has 4 heteroatoms. The number of likely N-dealkylation sites (tertiary alicyclic amines) is 1. The van der Waals surface area contributed by atoms with Crippen molar-refractivity contribution in [2.24, 2.45) is 4.99 Å². The third kappa shape index (κ3) is 3.72. The fourth-order valence-electron chi connectivity index (χ4n) is 2.66. The summed E-state index contributed by atoms with van der Waals surface area (Å²) in [6.07, 6.45) is 1.66. The molecule has 0 N–H and O–H groups in total. The van der Waals surface area contributed by atoms with Crippen LogP contribution in [-0.4, -0.2) is 35.5 Å². The normalized spacial score (nSPS) is 15.8. The van der Waals surface area contributed by atoms with Gasteiger partial charge in [0.15, 0.2) is 5.78 Å². The molecule has 4 nitrogen and oxygen atoms in total. The summed E-state index contributed by atoms with van der Waals surface area (Å²) in [4.78, 5) is 30.7. The Kier molecular flexibility index (Phi) is 4.62. The van der Waals surface area contributed by atoms with Gasteiger partial charge in [-0.25, -0.2) is 0 Å². The minimum atomic E-state index is -0.250. The molecule has 0 unspecified atom stereocenters. The molecule has 0 aliphatic carbocycles. The second kappa shape index (κ2) is 7.01. The lowest BCUT2D eigenvalue weighted by atomic mass is 10.1. The van der Waals surface area contributed by atoms with Crippen molar-refractivity contribution in [3.05, 3.63) is 71.8 Å². The van der Waals surface area contributed by atoms with Crippen molar-refractivity contribution in [1.29, 1.82) is 0 Å². The average Bonchev–Trinajstić information content (AvgIpc) is 3.03. The lowest BCUT2D eigenvalue weighted by Crippen LogP contribution is -2.31. The summed E-state index contributed by atoms with van der Waals surface area (Å²) in [5.41, 5.74) is 1.26. The van der Waals surface area contributed by atoms with Crippen molar-refractivity contribution in [2.75, 3.05) is 13.1 Å². The van der Waals surface area contributed by atoms with Gasteiger partial charge in [0, 0.05) is 24.1 Å². The number of nitrogens with zero attached hydrogens (tertiary/aromatic N) is 2. The van der Waals surface area contributed by atoms with Crippen molar-refractivity contribution >= 4 is 17.5 Å². The lowest BCUT2D eigenvalue weighted by Gasteiger charge is -2.17. The fourth-order valence-corrected chi connectivity index (χ4v) is 2.66. The molecule has 2 aromatic carbocycles. The van der Waals surface area contributed by atoms with Crippen LogP contribution >= 0.6 is 0 Å². The van der Waals surface area contributed by atoms with Crippen LogP contribution in [0.5, 0.6) is 0 Å². The van der Waals surface area contributed by atoms with E-state index >= 15 is 0 Å². The van der Waals surface area contributed by atoms with E-state index in [1.54, 1.807) is 12.1 Å². The van der Waals surface area contributed by atoms with Crippen molar-refractivity contribution in [3.8, 4) is 0 Å². The van der Waals surface area contributed by atoms with Crippen LogP contribution in [0.3, 0.4) is 0 Å². The zero-order valence-corrected chi connectivity index (χ0v) is 12.8. The molecule has 0 radical (unpaired) electrons. The van der Waals surface area contributed by atoms with Crippen LogP contribution in [-0.2, 0) is 0 Å². The highest BCUT2D eigenvalue weighted by Gasteiger charge is 2.22. The maximum absolute atomic E-state index is 12.3. The van der Waals surface area contributed by atoms with E-state index in [1.165, 1.54) is 0 Å². The fraction of sp³-hybridized carbons (Fsp3) is 0.211. The minimum absolute atomic E-state index is 0.0485. The Morgan fingerprint density at radius 2 is 1.52 bits per heavy atom. The second-order valence-electron chi connectivity index (χ2n) is 5.51. The van der Waals surface area contributed by atoms with E-state index in [9.17, 15) is 9.59 Å². The van der Waals surface area contributed by atoms with Crippen molar-refractivity contribution in [1.82, 2.24) is 4.90 Å². The molecule has 0 atom stereocenters. The van der Waals surface area contributed by atoms with Gasteiger partial charge >= 0.3 is 0 Å². The van der Waals surface area contributed by atoms with Gasteiger partial charge in [-0.05, 0) is 18.6 Å². The molecule has 3 rings (SSSR count). The summed E-state index contributed by atoms with van der Waals surface area (Å²) in [7, 11) is 0. The topological polar surface area (TPSA) is 49.7 Å². The number of hydrogen-bond donors (Lipinski definition) is 0.